The fourth-order valence-corrected chi connectivity index (χ4v) is 2.66. The van der Waals surface area contributed by atoms with Crippen LogP contribution in [-0.2, 0) is 0 Å². The number of nitrogens with zero attached hydrogens (tertiary/aromatic N) is 2. The highest BCUT2D eigenvalue weighted by Crippen LogP contribution is 2.18. The molecule has 1 fully saturated rings. The smallest absolute Gasteiger partial charge is 0.254 e. The van der Waals surface area contributed by atoms with Gasteiger partial charge in [-0.1, -0.05) is 0 Å². The number of likely N-dealkylation sites (tertiary alicyclic amines) is 1. The number of hydrogen-bond donors (Lipinski definition) is 2. The molecule has 1 aromatic rings. The summed E-state index contributed by atoms with van der Waals surface area (Å²) in [6, 6.07) is 7.18. The Balaban J connectivity index is 2.11. The van der Waals surface area contributed by atoms with E-state index in [1.54, 1.807) is 29.2 Å². The summed E-state index contributed by atoms with van der Waals surface area (Å²) in [4.78, 5) is 16.7. The highest BCUT2D eigenvalue weighted by atomic mass is 16.3. The molecule has 1 aliphatic rings. The van der Waals surface area contributed by atoms with Crippen molar-refractivity contribution in [3.63, 3.8) is 0 Å². The Bertz CT molecular complexity index is 439. The standard InChI is InChI=1S/C15H23N3O2/c1-17-8-6-14(7-9-17)18(10-11-19)15(20)12-2-4-13(16)5-3-12/h2-5,14,19H,6-11,16H2,1H3. The van der Waals surface area contributed by atoms with Crippen LogP contribution in [0.15, 0.2) is 24.3 Å². The Morgan fingerprint density at radius 3 is 2.50 bits per heavy atom. The number of nitrogen functional groups attached to an aromatic ring is 1. The van der Waals surface area contributed by atoms with Crippen LogP contribution in [0.5, 0.6) is 0 Å². The van der Waals surface area contributed by atoms with Crippen LogP contribution in [0.25, 0.3) is 0 Å². The van der Waals surface area contributed by atoms with Gasteiger partial charge >= 0.3 is 0 Å². The van der Waals surface area contributed by atoms with E-state index in [0.717, 1.165) is 25.9 Å². The van der Waals surface area contributed by atoms with Crippen LogP contribution in [-0.4, -0.2) is 60.1 Å². The van der Waals surface area contributed by atoms with Gasteiger partial charge < -0.3 is 20.6 Å². The van der Waals surface area contributed by atoms with E-state index in [1.807, 2.05) is 0 Å². The molecule has 0 radical (unpaired) electrons. The summed E-state index contributed by atoms with van der Waals surface area (Å²) in [5.41, 5.74) is 6.93. The molecule has 0 aromatic heterocycles. The molecule has 1 amide bonds. The van der Waals surface area contributed by atoms with E-state index in [9.17, 15) is 9.90 Å². The maximum absolute atomic E-state index is 12.6. The summed E-state index contributed by atoms with van der Waals surface area (Å²) in [5, 5.41) is 9.23. The summed E-state index contributed by atoms with van der Waals surface area (Å²) in [6.07, 6.45) is 1.91. The first-order valence-electron chi connectivity index (χ1n) is 7.07. The molecule has 2 rings (SSSR count). The predicted octanol–water partition coefficient (Wildman–Crippen LogP) is 0.797. The number of benzene rings is 1. The molecule has 1 heterocycles. The molecule has 0 spiro atoms. The Morgan fingerprint density at radius 2 is 1.95 bits per heavy atom. The van der Waals surface area contributed by atoms with E-state index in [4.69, 9.17) is 5.73 Å². The Hall–Kier alpha value is -1.59. The molecule has 110 valence electrons. The molecule has 1 aliphatic heterocycles. The fourth-order valence-electron chi connectivity index (χ4n) is 2.66. The highest BCUT2D eigenvalue weighted by Gasteiger charge is 2.27. The topological polar surface area (TPSA) is 69.8 Å². The van der Waals surface area contributed by atoms with Crippen LogP contribution in [0.4, 0.5) is 5.69 Å². The molecule has 0 unspecified atom stereocenters. The van der Waals surface area contributed by atoms with Crippen molar-refractivity contribution in [1.29, 1.82) is 0 Å². The third-order valence-electron chi connectivity index (χ3n) is 3.89. The lowest BCUT2D eigenvalue weighted by atomic mass is 10.0. The van der Waals surface area contributed by atoms with E-state index in [0.29, 0.717) is 17.8 Å². The minimum Gasteiger partial charge on any atom is -0.399 e. The lowest BCUT2D eigenvalue weighted by molar-refractivity contribution is 0.0540. The number of aliphatic hydroxyl groups is 1. The minimum atomic E-state index is -0.0198. The predicted molar refractivity (Wildman–Crippen MR) is 79.5 cm³/mol. The average Bonchev–Trinajstić information content (AvgIpc) is 2.46. The first-order chi connectivity index (χ1) is 9.61. The number of hydrogen-bond acceptors (Lipinski definition) is 4. The molecule has 0 aliphatic carbocycles. The van der Waals surface area contributed by atoms with Crippen molar-refractivity contribution in [2.75, 3.05) is 39.0 Å². The van der Waals surface area contributed by atoms with E-state index in [-0.39, 0.29) is 18.6 Å². The monoisotopic (exact) mass is 277 g/mol. The lowest BCUT2D eigenvalue weighted by Gasteiger charge is -2.37. The van der Waals surface area contributed by atoms with Crippen LogP contribution in [0, 0.1) is 0 Å². The molecule has 20 heavy (non-hydrogen) atoms. The average molecular weight is 277 g/mol. The summed E-state index contributed by atoms with van der Waals surface area (Å²) >= 11 is 0. The second-order valence-electron chi connectivity index (χ2n) is 5.38. The molecule has 0 saturated carbocycles. The van der Waals surface area contributed by atoms with Gasteiger partial charge in [-0.2, -0.15) is 0 Å². The van der Waals surface area contributed by atoms with Crippen LogP contribution in [0.2, 0.25) is 0 Å². The van der Waals surface area contributed by atoms with Crippen molar-refractivity contribution in [2.45, 2.75) is 18.9 Å². The maximum Gasteiger partial charge on any atom is 0.254 e. The third-order valence-corrected chi connectivity index (χ3v) is 3.89. The van der Waals surface area contributed by atoms with E-state index in [2.05, 4.69) is 11.9 Å². The number of amides is 1. The molecule has 1 aromatic carbocycles. The van der Waals surface area contributed by atoms with Gasteiger partial charge in [-0.15, -0.1) is 0 Å². The van der Waals surface area contributed by atoms with Crippen molar-refractivity contribution < 1.29 is 9.90 Å². The zero-order valence-electron chi connectivity index (χ0n) is 12.0. The first kappa shape index (κ1) is 14.8. The van der Waals surface area contributed by atoms with E-state index in [1.165, 1.54) is 0 Å². The van der Waals surface area contributed by atoms with Gasteiger partial charge in [-0.3, -0.25) is 4.79 Å². The molecule has 5 nitrogen and oxygen atoms in total. The van der Waals surface area contributed by atoms with Crippen molar-refractivity contribution in [1.82, 2.24) is 9.80 Å². The maximum atomic E-state index is 12.6. The quantitative estimate of drug-likeness (QED) is 0.799. The summed E-state index contributed by atoms with van der Waals surface area (Å²) < 4.78 is 0. The Morgan fingerprint density at radius 1 is 1.35 bits per heavy atom. The summed E-state index contributed by atoms with van der Waals surface area (Å²) in [7, 11) is 2.09. The highest BCUT2D eigenvalue weighted by molar-refractivity contribution is 5.94. The van der Waals surface area contributed by atoms with Gasteiger partial charge in [-0.25, -0.2) is 0 Å². The molecule has 0 bridgehead atoms. The second kappa shape index (κ2) is 6.72. The minimum absolute atomic E-state index is 0.00689. The van der Waals surface area contributed by atoms with Gasteiger partial charge in [0.2, 0.25) is 0 Å². The lowest BCUT2D eigenvalue weighted by Crippen LogP contribution is -2.47. The number of nitrogens with two attached hydrogens (primary N) is 1. The van der Waals surface area contributed by atoms with Gasteiger partial charge in [0.15, 0.2) is 0 Å². The number of rotatable bonds is 4. The molecular formula is C15H23N3O2. The number of carbonyl (C=O) groups excluding carboxylic acids is 1. The van der Waals surface area contributed by atoms with Gasteiger partial charge in [-0.05, 0) is 57.2 Å². The van der Waals surface area contributed by atoms with Gasteiger partial charge in [0, 0.05) is 23.8 Å². The number of aliphatic hydroxyl groups excluding tert-OH is 1. The second-order valence-corrected chi connectivity index (χ2v) is 5.38. The van der Waals surface area contributed by atoms with Crippen LogP contribution in [0.1, 0.15) is 23.2 Å². The van der Waals surface area contributed by atoms with Crippen molar-refractivity contribution in [2.24, 2.45) is 0 Å². The van der Waals surface area contributed by atoms with Crippen LogP contribution >= 0.6 is 0 Å². The normalized spacial score (nSPS) is 17.1. The Kier molecular flexibility index (Phi) is 4.98. The van der Waals surface area contributed by atoms with E-state index >= 15 is 0 Å². The molecular weight excluding hydrogens is 254 g/mol. The fraction of sp³-hybridized carbons (Fsp3) is 0.533. The third kappa shape index (κ3) is 3.49. The summed E-state index contributed by atoms with van der Waals surface area (Å²) in [6.45, 7) is 2.36. The van der Waals surface area contributed by atoms with Crippen molar-refractivity contribution in [3.8, 4) is 0 Å². The summed E-state index contributed by atoms with van der Waals surface area (Å²) in [5.74, 6) is -0.0198. The van der Waals surface area contributed by atoms with E-state index < -0.39 is 0 Å². The molecule has 0 atom stereocenters. The van der Waals surface area contributed by atoms with Gasteiger partial charge in [0.1, 0.15) is 0 Å². The Labute approximate surface area is 120 Å². The van der Waals surface area contributed by atoms with Crippen LogP contribution < -0.4 is 5.73 Å². The van der Waals surface area contributed by atoms with Gasteiger partial charge in [0.25, 0.3) is 5.91 Å². The SMILES string of the molecule is CN1CCC(N(CCO)C(=O)c2ccc(N)cc2)CC1. The van der Waals surface area contributed by atoms with Crippen LogP contribution in [0.3, 0.4) is 0 Å². The van der Waals surface area contributed by atoms with Crippen molar-refractivity contribution in [3.05, 3.63) is 29.8 Å². The number of carbonyl (C=O) groups is 1. The molecule has 1 saturated heterocycles. The number of piperidine rings is 1. The molecule has 5 heteroatoms. The zero-order chi connectivity index (χ0) is 14.5. The first-order valence-corrected chi connectivity index (χ1v) is 7.07. The largest absolute Gasteiger partial charge is 0.399 e. The number of anilines is 1. The zero-order valence-corrected chi connectivity index (χ0v) is 12.0. The van der Waals surface area contributed by atoms with Gasteiger partial charge in [0.05, 0.1) is 6.61 Å². The molecule has 3 N–H and O–H groups in total. The van der Waals surface area contributed by atoms with Crippen molar-refractivity contribution >= 4 is 11.6 Å².